The molecule has 1 amide bonds. The number of nitrogens with one attached hydrogen (secondary N) is 2. The Morgan fingerprint density at radius 1 is 1.18 bits per heavy atom. The lowest BCUT2D eigenvalue weighted by molar-refractivity contribution is -0.123. The highest BCUT2D eigenvalue weighted by molar-refractivity contribution is 5.81. The highest BCUT2D eigenvalue weighted by Crippen LogP contribution is 2.16. The van der Waals surface area contributed by atoms with E-state index in [-0.39, 0.29) is 11.9 Å². The molecule has 1 atom stereocenters. The monoisotopic (exact) mass is 242 g/mol. The Morgan fingerprint density at radius 2 is 1.71 bits per heavy atom. The standard InChI is InChI=1S/C14H30N2O/c1-7-12(8-2)16-13(17)11(3)15-10-9-14(4,5)6/h11-12,15H,7-10H2,1-6H3,(H,16,17). The molecule has 0 aromatic carbocycles. The number of amides is 1. The van der Waals surface area contributed by atoms with Crippen LogP contribution in [0.2, 0.25) is 0 Å². The first kappa shape index (κ1) is 16.4. The molecule has 102 valence electrons. The lowest BCUT2D eigenvalue weighted by atomic mass is 9.92. The van der Waals surface area contributed by atoms with Crippen molar-refractivity contribution in [3.05, 3.63) is 0 Å². The van der Waals surface area contributed by atoms with Crippen molar-refractivity contribution in [2.45, 2.75) is 72.9 Å². The number of carbonyl (C=O) groups is 1. The van der Waals surface area contributed by atoms with Crippen LogP contribution in [0.1, 0.15) is 60.8 Å². The second-order valence-corrected chi connectivity index (χ2v) is 6.01. The fourth-order valence-corrected chi connectivity index (χ4v) is 1.58. The topological polar surface area (TPSA) is 41.1 Å². The molecule has 0 aliphatic carbocycles. The van der Waals surface area contributed by atoms with E-state index in [0.717, 1.165) is 25.8 Å². The van der Waals surface area contributed by atoms with Crippen molar-refractivity contribution in [3.63, 3.8) is 0 Å². The lowest BCUT2D eigenvalue weighted by Crippen LogP contribution is -2.46. The molecular weight excluding hydrogens is 212 g/mol. The van der Waals surface area contributed by atoms with Gasteiger partial charge in [-0.1, -0.05) is 34.6 Å². The summed E-state index contributed by atoms with van der Waals surface area (Å²) < 4.78 is 0. The zero-order valence-electron chi connectivity index (χ0n) is 12.4. The molecule has 0 aliphatic heterocycles. The molecule has 0 aliphatic rings. The average molecular weight is 242 g/mol. The van der Waals surface area contributed by atoms with Crippen molar-refractivity contribution in [2.24, 2.45) is 5.41 Å². The molecule has 0 rings (SSSR count). The van der Waals surface area contributed by atoms with Crippen molar-refractivity contribution >= 4 is 5.91 Å². The summed E-state index contributed by atoms with van der Waals surface area (Å²) in [5, 5.41) is 6.34. The highest BCUT2D eigenvalue weighted by atomic mass is 16.2. The molecule has 2 N–H and O–H groups in total. The SMILES string of the molecule is CCC(CC)NC(=O)C(C)NCCC(C)(C)C. The van der Waals surface area contributed by atoms with E-state index in [1.807, 2.05) is 6.92 Å². The van der Waals surface area contributed by atoms with Gasteiger partial charge in [0.05, 0.1) is 6.04 Å². The third kappa shape index (κ3) is 8.19. The summed E-state index contributed by atoms with van der Waals surface area (Å²) >= 11 is 0. The van der Waals surface area contributed by atoms with E-state index < -0.39 is 0 Å². The smallest absolute Gasteiger partial charge is 0.237 e. The van der Waals surface area contributed by atoms with Gasteiger partial charge in [-0.3, -0.25) is 4.79 Å². The second kappa shape index (κ2) is 7.70. The van der Waals surface area contributed by atoms with Gasteiger partial charge >= 0.3 is 0 Å². The molecule has 0 aromatic heterocycles. The molecule has 0 aromatic rings. The van der Waals surface area contributed by atoms with E-state index in [4.69, 9.17) is 0 Å². The maximum absolute atomic E-state index is 11.9. The Balaban J connectivity index is 3.89. The maximum atomic E-state index is 11.9. The van der Waals surface area contributed by atoms with Crippen molar-refractivity contribution in [3.8, 4) is 0 Å². The van der Waals surface area contributed by atoms with Gasteiger partial charge in [0.2, 0.25) is 5.91 Å². The van der Waals surface area contributed by atoms with Gasteiger partial charge in [0, 0.05) is 6.04 Å². The van der Waals surface area contributed by atoms with E-state index in [1.54, 1.807) is 0 Å². The van der Waals surface area contributed by atoms with Crippen LogP contribution in [0.25, 0.3) is 0 Å². The Morgan fingerprint density at radius 3 is 2.12 bits per heavy atom. The highest BCUT2D eigenvalue weighted by Gasteiger charge is 2.16. The fraction of sp³-hybridized carbons (Fsp3) is 0.929. The third-order valence-electron chi connectivity index (χ3n) is 3.05. The zero-order valence-corrected chi connectivity index (χ0v) is 12.4. The van der Waals surface area contributed by atoms with Crippen LogP contribution in [0.15, 0.2) is 0 Å². The van der Waals surface area contributed by atoms with E-state index in [0.29, 0.717) is 11.5 Å². The van der Waals surface area contributed by atoms with Crippen LogP contribution in [0.5, 0.6) is 0 Å². The van der Waals surface area contributed by atoms with Gasteiger partial charge in [-0.2, -0.15) is 0 Å². The first-order valence-corrected chi connectivity index (χ1v) is 6.84. The van der Waals surface area contributed by atoms with Crippen molar-refractivity contribution in [1.29, 1.82) is 0 Å². The molecule has 3 nitrogen and oxygen atoms in total. The average Bonchev–Trinajstić information content (AvgIpc) is 2.23. The van der Waals surface area contributed by atoms with Crippen LogP contribution >= 0.6 is 0 Å². The van der Waals surface area contributed by atoms with Crippen LogP contribution in [-0.2, 0) is 4.79 Å². The molecule has 0 fully saturated rings. The number of rotatable bonds is 7. The van der Waals surface area contributed by atoms with E-state index in [9.17, 15) is 4.79 Å². The first-order chi connectivity index (χ1) is 7.80. The summed E-state index contributed by atoms with van der Waals surface area (Å²) in [6, 6.07) is 0.215. The fourth-order valence-electron chi connectivity index (χ4n) is 1.58. The second-order valence-electron chi connectivity index (χ2n) is 6.01. The summed E-state index contributed by atoms with van der Waals surface area (Å²) in [5.74, 6) is 0.118. The quantitative estimate of drug-likeness (QED) is 0.720. The zero-order chi connectivity index (χ0) is 13.5. The van der Waals surface area contributed by atoms with Gasteiger partial charge in [-0.25, -0.2) is 0 Å². The van der Waals surface area contributed by atoms with Crippen molar-refractivity contribution in [1.82, 2.24) is 10.6 Å². The molecule has 3 heteroatoms. The predicted octanol–water partition coefficient (Wildman–Crippen LogP) is 2.71. The minimum atomic E-state index is -0.0991. The molecule has 0 spiro atoms. The van der Waals surface area contributed by atoms with Gasteiger partial charge in [0.25, 0.3) is 0 Å². The summed E-state index contributed by atoms with van der Waals surface area (Å²) in [6.07, 6.45) is 3.07. The molecule has 0 saturated heterocycles. The van der Waals surface area contributed by atoms with Gasteiger partial charge < -0.3 is 10.6 Å². The number of hydrogen-bond acceptors (Lipinski definition) is 2. The van der Waals surface area contributed by atoms with Gasteiger partial charge in [-0.05, 0) is 38.1 Å². The van der Waals surface area contributed by atoms with Gasteiger partial charge in [-0.15, -0.1) is 0 Å². The summed E-state index contributed by atoms with van der Waals surface area (Å²) in [7, 11) is 0. The number of hydrogen-bond donors (Lipinski definition) is 2. The largest absolute Gasteiger partial charge is 0.352 e. The van der Waals surface area contributed by atoms with E-state index in [1.165, 1.54) is 0 Å². The minimum absolute atomic E-state index is 0.0991. The summed E-state index contributed by atoms with van der Waals surface area (Å²) in [4.78, 5) is 11.9. The lowest BCUT2D eigenvalue weighted by Gasteiger charge is -2.22. The first-order valence-electron chi connectivity index (χ1n) is 6.84. The molecule has 0 bridgehead atoms. The summed E-state index contributed by atoms with van der Waals surface area (Å²) in [6.45, 7) is 13.7. The molecule has 1 unspecified atom stereocenters. The molecule has 0 heterocycles. The molecule has 17 heavy (non-hydrogen) atoms. The van der Waals surface area contributed by atoms with Crippen molar-refractivity contribution < 1.29 is 4.79 Å². The summed E-state index contributed by atoms with van der Waals surface area (Å²) in [5.41, 5.74) is 0.318. The van der Waals surface area contributed by atoms with Crippen LogP contribution in [0.4, 0.5) is 0 Å². The Hall–Kier alpha value is -0.570. The van der Waals surface area contributed by atoms with Crippen LogP contribution in [-0.4, -0.2) is 24.5 Å². The molecule has 0 radical (unpaired) electrons. The minimum Gasteiger partial charge on any atom is -0.352 e. The normalized spacial score (nSPS) is 13.8. The van der Waals surface area contributed by atoms with Gasteiger partial charge in [0.1, 0.15) is 0 Å². The van der Waals surface area contributed by atoms with Crippen LogP contribution in [0, 0.1) is 5.41 Å². The van der Waals surface area contributed by atoms with E-state index >= 15 is 0 Å². The van der Waals surface area contributed by atoms with Crippen LogP contribution < -0.4 is 10.6 Å². The van der Waals surface area contributed by atoms with Crippen LogP contribution in [0.3, 0.4) is 0 Å². The van der Waals surface area contributed by atoms with Crippen molar-refractivity contribution in [2.75, 3.05) is 6.54 Å². The number of carbonyl (C=O) groups excluding carboxylic acids is 1. The third-order valence-corrected chi connectivity index (χ3v) is 3.05. The Kier molecular flexibility index (Phi) is 7.44. The van der Waals surface area contributed by atoms with E-state index in [2.05, 4.69) is 45.3 Å². The predicted molar refractivity (Wildman–Crippen MR) is 74.0 cm³/mol. The Bertz CT molecular complexity index is 217. The van der Waals surface area contributed by atoms with Gasteiger partial charge in [0.15, 0.2) is 0 Å². The molecule has 0 saturated carbocycles. The molecular formula is C14H30N2O. The Labute approximate surface area is 107 Å². The maximum Gasteiger partial charge on any atom is 0.237 e.